The van der Waals surface area contributed by atoms with Crippen LogP contribution in [-0.2, 0) is 11.3 Å². The van der Waals surface area contributed by atoms with Crippen molar-refractivity contribution in [1.29, 1.82) is 0 Å². The average Bonchev–Trinajstić information content (AvgIpc) is 2.51. The molecular weight excluding hydrogens is 264 g/mol. The third-order valence-corrected chi connectivity index (χ3v) is 3.27. The quantitative estimate of drug-likeness (QED) is 0.720. The highest BCUT2D eigenvalue weighted by Crippen LogP contribution is 2.21. The Morgan fingerprint density at radius 1 is 1.14 bits per heavy atom. The number of benzene rings is 1. The highest BCUT2D eigenvalue weighted by Gasteiger charge is 2.05. The van der Waals surface area contributed by atoms with Gasteiger partial charge in [0.2, 0.25) is 5.88 Å². The molecule has 114 valence electrons. The lowest BCUT2D eigenvalue weighted by atomic mass is 10.1. The molecular formula is C17H24N2O2. The standard InChI is InChI=1S/C17H24N2O2/c1-3-4-9-20-10-11-21-17-12-14(13-18-2)15-7-5-6-8-16(15)19-17/h5-8,12,18H,3-4,9-11,13H2,1-2H3. The largest absolute Gasteiger partial charge is 0.475 e. The van der Waals surface area contributed by atoms with E-state index in [1.807, 2.05) is 31.3 Å². The van der Waals surface area contributed by atoms with E-state index >= 15 is 0 Å². The van der Waals surface area contributed by atoms with E-state index in [1.54, 1.807) is 0 Å². The van der Waals surface area contributed by atoms with Crippen LogP contribution < -0.4 is 10.1 Å². The predicted octanol–water partition coefficient (Wildman–Crippen LogP) is 3.15. The number of ether oxygens (including phenoxy) is 2. The van der Waals surface area contributed by atoms with Gasteiger partial charge in [-0.05, 0) is 25.1 Å². The Bertz CT molecular complexity index is 557. The summed E-state index contributed by atoms with van der Waals surface area (Å²) in [6.45, 7) is 4.90. The minimum Gasteiger partial charge on any atom is -0.475 e. The van der Waals surface area contributed by atoms with E-state index in [2.05, 4.69) is 23.3 Å². The van der Waals surface area contributed by atoms with Crippen LogP contribution in [0.15, 0.2) is 30.3 Å². The minimum absolute atomic E-state index is 0.536. The summed E-state index contributed by atoms with van der Waals surface area (Å²) in [5, 5.41) is 4.35. The summed E-state index contributed by atoms with van der Waals surface area (Å²) >= 11 is 0. The number of hydrogen-bond acceptors (Lipinski definition) is 4. The molecule has 0 saturated carbocycles. The Morgan fingerprint density at radius 2 is 2.00 bits per heavy atom. The monoisotopic (exact) mass is 288 g/mol. The van der Waals surface area contributed by atoms with Gasteiger partial charge in [0.1, 0.15) is 6.61 Å². The number of nitrogens with zero attached hydrogens (tertiary/aromatic N) is 1. The smallest absolute Gasteiger partial charge is 0.214 e. The van der Waals surface area contributed by atoms with E-state index in [4.69, 9.17) is 9.47 Å². The second kappa shape index (κ2) is 8.60. The topological polar surface area (TPSA) is 43.4 Å². The van der Waals surface area contributed by atoms with Gasteiger partial charge in [0.05, 0.1) is 12.1 Å². The van der Waals surface area contributed by atoms with Crippen LogP contribution in [0.2, 0.25) is 0 Å². The molecule has 4 nitrogen and oxygen atoms in total. The molecule has 0 bridgehead atoms. The van der Waals surface area contributed by atoms with Gasteiger partial charge in [0, 0.05) is 24.6 Å². The van der Waals surface area contributed by atoms with Gasteiger partial charge in [-0.1, -0.05) is 31.5 Å². The van der Waals surface area contributed by atoms with Crippen molar-refractivity contribution >= 4 is 10.9 Å². The van der Waals surface area contributed by atoms with Gasteiger partial charge in [-0.3, -0.25) is 0 Å². The van der Waals surface area contributed by atoms with Crippen molar-refractivity contribution in [3.63, 3.8) is 0 Å². The average molecular weight is 288 g/mol. The molecule has 0 aliphatic rings. The van der Waals surface area contributed by atoms with Crippen LogP contribution in [0.3, 0.4) is 0 Å². The van der Waals surface area contributed by atoms with Gasteiger partial charge < -0.3 is 14.8 Å². The number of hydrogen-bond donors (Lipinski definition) is 1. The molecule has 0 aliphatic carbocycles. The molecule has 1 aromatic heterocycles. The van der Waals surface area contributed by atoms with Crippen molar-refractivity contribution in [2.45, 2.75) is 26.3 Å². The van der Waals surface area contributed by atoms with Crippen LogP contribution in [0.5, 0.6) is 5.88 Å². The molecule has 21 heavy (non-hydrogen) atoms. The van der Waals surface area contributed by atoms with Crippen LogP contribution in [0.25, 0.3) is 10.9 Å². The summed E-state index contributed by atoms with van der Waals surface area (Å²) < 4.78 is 11.2. The molecule has 0 radical (unpaired) electrons. The number of pyridine rings is 1. The van der Waals surface area contributed by atoms with Gasteiger partial charge >= 0.3 is 0 Å². The van der Waals surface area contributed by atoms with Gasteiger partial charge in [0.15, 0.2) is 0 Å². The Balaban J connectivity index is 1.99. The lowest BCUT2D eigenvalue weighted by Gasteiger charge is -2.10. The number of fused-ring (bicyclic) bond motifs is 1. The summed E-state index contributed by atoms with van der Waals surface area (Å²) in [6, 6.07) is 10.1. The first-order valence-corrected chi connectivity index (χ1v) is 7.59. The van der Waals surface area contributed by atoms with Gasteiger partial charge in [0.25, 0.3) is 0 Å². The van der Waals surface area contributed by atoms with Crippen LogP contribution in [0.1, 0.15) is 25.3 Å². The van der Waals surface area contributed by atoms with Crippen molar-refractivity contribution in [1.82, 2.24) is 10.3 Å². The molecule has 4 heteroatoms. The first-order chi connectivity index (χ1) is 10.3. The van der Waals surface area contributed by atoms with Gasteiger partial charge in [-0.25, -0.2) is 4.98 Å². The van der Waals surface area contributed by atoms with E-state index in [9.17, 15) is 0 Å². The Labute approximate surface area is 126 Å². The van der Waals surface area contributed by atoms with Gasteiger partial charge in [-0.2, -0.15) is 0 Å². The zero-order chi connectivity index (χ0) is 14.9. The molecule has 1 heterocycles. The molecule has 2 aromatic rings. The Kier molecular flexibility index (Phi) is 6.44. The number of aromatic nitrogens is 1. The third kappa shape index (κ3) is 4.69. The lowest BCUT2D eigenvalue weighted by molar-refractivity contribution is 0.0966. The first-order valence-electron chi connectivity index (χ1n) is 7.59. The lowest BCUT2D eigenvalue weighted by Crippen LogP contribution is -2.10. The summed E-state index contributed by atoms with van der Waals surface area (Å²) in [6.07, 6.45) is 2.25. The van der Waals surface area contributed by atoms with E-state index < -0.39 is 0 Å². The van der Waals surface area contributed by atoms with Crippen molar-refractivity contribution in [3.8, 4) is 5.88 Å². The zero-order valence-electron chi connectivity index (χ0n) is 12.9. The maximum atomic E-state index is 5.72. The van der Waals surface area contributed by atoms with Crippen LogP contribution in [-0.4, -0.2) is 31.9 Å². The third-order valence-electron chi connectivity index (χ3n) is 3.27. The Morgan fingerprint density at radius 3 is 2.81 bits per heavy atom. The minimum atomic E-state index is 0.536. The summed E-state index contributed by atoms with van der Waals surface area (Å²) in [7, 11) is 1.94. The fourth-order valence-corrected chi connectivity index (χ4v) is 2.18. The number of para-hydroxylation sites is 1. The molecule has 1 N–H and O–H groups in total. The predicted molar refractivity (Wildman–Crippen MR) is 85.7 cm³/mol. The molecule has 0 aliphatic heterocycles. The van der Waals surface area contributed by atoms with Gasteiger partial charge in [-0.15, -0.1) is 0 Å². The zero-order valence-corrected chi connectivity index (χ0v) is 12.9. The number of unbranched alkanes of at least 4 members (excludes halogenated alkanes) is 1. The highest BCUT2D eigenvalue weighted by atomic mass is 16.5. The molecule has 0 unspecified atom stereocenters. The molecule has 2 rings (SSSR count). The highest BCUT2D eigenvalue weighted by molar-refractivity contribution is 5.82. The van der Waals surface area contributed by atoms with Crippen molar-refractivity contribution < 1.29 is 9.47 Å². The summed E-state index contributed by atoms with van der Waals surface area (Å²) in [4.78, 5) is 4.55. The molecule has 0 saturated heterocycles. The SMILES string of the molecule is CCCCOCCOc1cc(CNC)c2ccccc2n1. The molecule has 0 atom stereocenters. The van der Waals surface area contributed by atoms with E-state index in [0.29, 0.717) is 19.1 Å². The second-order valence-corrected chi connectivity index (χ2v) is 4.98. The Hall–Kier alpha value is -1.65. The second-order valence-electron chi connectivity index (χ2n) is 4.98. The molecule has 0 spiro atoms. The summed E-state index contributed by atoms with van der Waals surface area (Å²) in [5.74, 6) is 0.665. The van der Waals surface area contributed by atoms with Crippen LogP contribution in [0, 0.1) is 0 Å². The normalized spacial score (nSPS) is 11.0. The maximum Gasteiger partial charge on any atom is 0.214 e. The van der Waals surface area contributed by atoms with E-state index in [-0.39, 0.29) is 0 Å². The van der Waals surface area contributed by atoms with Crippen molar-refractivity contribution in [2.24, 2.45) is 0 Å². The number of rotatable bonds is 9. The fraction of sp³-hybridized carbons (Fsp3) is 0.471. The molecule has 0 fully saturated rings. The molecule has 1 aromatic carbocycles. The van der Waals surface area contributed by atoms with Crippen LogP contribution >= 0.6 is 0 Å². The van der Waals surface area contributed by atoms with Crippen molar-refractivity contribution in [2.75, 3.05) is 26.9 Å². The number of nitrogens with one attached hydrogen (secondary N) is 1. The first kappa shape index (κ1) is 15.7. The van der Waals surface area contributed by atoms with E-state index in [1.165, 1.54) is 10.9 Å². The van der Waals surface area contributed by atoms with E-state index in [0.717, 1.165) is 31.5 Å². The maximum absolute atomic E-state index is 5.72. The van der Waals surface area contributed by atoms with Crippen LogP contribution in [0.4, 0.5) is 0 Å². The van der Waals surface area contributed by atoms with Crippen molar-refractivity contribution in [3.05, 3.63) is 35.9 Å². The fourth-order valence-electron chi connectivity index (χ4n) is 2.18. The molecule has 0 amide bonds. The summed E-state index contributed by atoms with van der Waals surface area (Å²) in [5.41, 5.74) is 2.16.